The van der Waals surface area contributed by atoms with Gasteiger partial charge in [0.25, 0.3) is 11.8 Å². The number of rotatable bonds is 7. The minimum Gasteiger partial charge on any atom is -0.493 e. The summed E-state index contributed by atoms with van der Waals surface area (Å²) in [5.41, 5.74) is 5.41. The minimum atomic E-state index is -0.699. The molecule has 0 radical (unpaired) electrons. The van der Waals surface area contributed by atoms with Crippen molar-refractivity contribution in [3.63, 3.8) is 0 Å². The number of methoxy groups -OCH3 is 3. The molecule has 9 nitrogen and oxygen atoms in total. The zero-order valence-corrected chi connectivity index (χ0v) is 17.1. The van der Waals surface area contributed by atoms with Crippen LogP contribution in [0.15, 0.2) is 48.2 Å². The highest BCUT2D eigenvalue weighted by molar-refractivity contribution is 6.03. The van der Waals surface area contributed by atoms with E-state index < -0.39 is 17.7 Å². The van der Waals surface area contributed by atoms with Crippen LogP contribution in [-0.4, -0.2) is 39.1 Å². The van der Waals surface area contributed by atoms with E-state index >= 15 is 0 Å². The molecule has 0 aromatic heterocycles. The van der Waals surface area contributed by atoms with E-state index in [-0.39, 0.29) is 22.8 Å². The summed E-state index contributed by atoms with van der Waals surface area (Å²) in [7, 11) is 4.30. The molecular formula is C21H23N3O6. The number of carbonyl (C=O) groups excluding carboxylic acids is 3. The van der Waals surface area contributed by atoms with E-state index in [1.54, 1.807) is 24.3 Å². The Morgan fingerprint density at radius 3 is 1.97 bits per heavy atom. The van der Waals surface area contributed by atoms with Gasteiger partial charge in [-0.2, -0.15) is 0 Å². The molecule has 2 rings (SSSR count). The molecule has 0 saturated heterocycles. The summed E-state index contributed by atoms with van der Waals surface area (Å²) in [6, 6.07) is 11.8. The third-order valence-corrected chi connectivity index (χ3v) is 3.88. The Hall–Kier alpha value is -4.01. The number of carbonyl (C=O) groups is 3. The molecule has 0 aliphatic carbocycles. The van der Waals surface area contributed by atoms with Crippen LogP contribution in [-0.2, 0) is 9.59 Å². The molecule has 0 fully saturated rings. The van der Waals surface area contributed by atoms with Gasteiger partial charge in [-0.1, -0.05) is 30.3 Å². The van der Waals surface area contributed by atoms with Gasteiger partial charge in [-0.3, -0.25) is 25.2 Å². The van der Waals surface area contributed by atoms with Gasteiger partial charge < -0.3 is 19.5 Å². The van der Waals surface area contributed by atoms with E-state index in [2.05, 4.69) is 16.2 Å². The van der Waals surface area contributed by atoms with Crippen LogP contribution in [0.4, 0.5) is 0 Å². The molecule has 2 aromatic rings. The van der Waals surface area contributed by atoms with Gasteiger partial charge in [0.1, 0.15) is 5.70 Å². The van der Waals surface area contributed by atoms with Crippen LogP contribution in [0.25, 0.3) is 6.08 Å². The molecule has 2 aromatic carbocycles. The highest BCUT2D eigenvalue weighted by Gasteiger charge is 2.18. The van der Waals surface area contributed by atoms with Crippen molar-refractivity contribution in [1.29, 1.82) is 0 Å². The Labute approximate surface area is 174 Å². The third-order valence-electron chi connectivity index (χ3n) is 3.88. The Bertz CT molecular complexity index is 931. The third kappa shape index (κ3) is 5.74. The second-order valence-electron chi connectivity index (χ2n) is 5.97. The number of amides is 3. The molecule has 0 bridgehead atoms. The fourth-order valence-corrected chi connectivity index (χ4v) is 2.53. The van der Waals surface area contributed by atoms with Crippen LogP contribution >= 0.6 is 0 Å². The lowest BCUT2D eigenvalue weighted by Crippen LogP contribution is -2.45. The maximum absolute atomic E-state index is 12.5. The Balaban J connectivity index is 2.18. The normalized spacial score (nSPS) is 10.6. The lowest BCUT2D eigenvalue weighted by molar-refractivity contribution is -0.122. The van der Waals surface area contributed by atoms with Crippen LogP contribution in [0.2, 0.25) is 0 Å². The van der Waals surface area contributed by atoms with E-state index in [4.69, 9.17) is 14.2 Å². The van der Waals surface area contributed by atoms with Gasteiger partial charge in [0, 0.05) is 12.5 Å². The van der Waals surface area contributed by atoms with Crippen molar-refractivity contribution in [2.75, 3.05) is 21.3 Å². The number of hydrogen-bond acceptors (Lipinski definition) is 6. The number of benzene rings is 2. The molecule has 0 spiro atoms. The first-order valence-corrected chi connectivity index (χ1v) is 8.84. The summed E-state index contributed by atoms with van der Waals surface area (Å²) < 4.78 is 15.6. The zero-order valence-electron chi connectivity index (χ0n) is 17.1. The molecule has 9 heteroatoms. The maximum atomic E-state index is 12.5. The molecule has 0 atom stereocenters. The van der Waals surface area contributed by atoms with E-state index in [1.807, 2.05) is 6.07 Å². The molecule has 3 amide bonds. The first-order valence-electron chi connectivity index (χ1n) is 8.84. The number of hydrazine groups is 1. The highest BCUT2D eigenvalue weighted by Crippen LogP contribution is 2.38. The monoisotopic (exact) mass is 413 g/mol. The summed E-state index contributed by atoms with van der Waals surface area (Å²) in [6.45, 7) is 1.28. The van der Waals surface area contributed by atoms with Crippen LogP contribution in [0.3, 0.4) is 0 Å². The van der Waals surface area contributed by atoms with E-state index in [0.29, 0.717) is 11.3 Å². The smallest absolute Gasteiger partial charge is 0.286 e. The van der Waals surface area contributed by atoms with Gasteiger partial charge in [0.05, 0.1) is 21.3 Å². The summed E-state index contributed by atoms with van der Waals surface area (Å²) in [5.74, 6) is -0.839. The predicted molar refractivity (Wildman–Crippen MR) is 110 cm³/mol. The summed E-state index contributed by atoms with van der Waals surface area (Å²) in [6.07, 6.45) is 1.49. The average Bonchev–Trinajstić information content (AvgIpc) is 2.75. The standard InChI is InChI=1S/C21H23N3O6/c1-13(25)22-16(10-14-8-6-5-7-9-14)21(27)24-23-20(26)15-11-17(28-2)19(30-4)18(12-15)29-3/h5-12H,1-4H3,(H,22,25)(H,23,26)(H,24,27)/b16-10-. The van der Waals surface area contributed by atoms with Crippen molar-refractivity contribution < 1.29 is 28.6 Å². The Kier molecular flexibility index (Phi) is 7.81. The zero-order chi connectivity index (χ0) is 22.1. The van der Waals surface area contributed by atoms with Crippen molar-refractivity contribution in [2.24, 2.45) is 0 Å². The summed E-state index contributed by atoms with van der Waals surface area (Å²) >= 11 is 0. The fourth-order valence-electron chi connectivity index (χ4n) is 2.53. The fraction of sp³-hybridized carbons (Fsp3) is 0.190. The highest BCUT2D eigenvalue weighted by atomic mass is 16.5. The van der Waals surface area contributed by atoms with Gasteiger partial charge in [-0.15, -0.1) is 0 Å². The van der Waals surface area contributed by atoms with Gasteiger partial charge >= 0.3 is 0 Å². The molecular weight excluding hydrogens is 390 g/mol. The van der Waals surface area contributed by atoms with Gasteiger partial charge in [0.2, 0.25) is 11.7 Å². The number of hydrogen-bond donors (Lipinski definition) is 3. The SMILES string of the molecule is COc1cc(C(=O)NNC(=O)/C(=C/c2ccccc2)NC(C)=O)cc(OC)c1OC. The minimum absolute atomic E-state index is 0.0288. The summed E-state index contributed by atoms with van der Waals surface area (Å²) in [5, 5.41) is 2.45. The average molecular weight is 413 g/mol. The van der Waals surface area contributed by atoms with Crippen LogP contribution in [0.1, 0.15) is 22.8 Å². The van der Waals surface area contributed by atoms with Crippen molar-refractivity contribution in [1.82, 2.24) is 16.2 Å². The van der Waals surface area contributed by atoms with Gasteiger partial charge in [-0.25, -0.2) is 0 Å². The first-order chi connectivity index (χ1) is 14.4. The summed E-state index contributed by atoms with van der Waals surface area (Å²) in [4.78, 5) is 36.4. The number of ether oxygens (including phenoxy) is 3. The topological polar surface area (TPSA) is 115 Å². The predicted octanol–water partition coefficient (Wildman–Crippen LogP) is 1.65. The molecule has 0 saturated carbocycles. The van der Waals surface area contributed by atoms with Gasteiger partial charge in [0.15, 0.2) is 11.5 Å². The number of nitrogens with one attached hydrogen (secondary N) is 3. The lowest BCUT2D eigenvalue weighted by atomic mass is 10.1. The molecule has 3 N–H and O–H groups in total. The largest absolute Gasteiger partial charge is 0.493 e. The maximum Gasteiger partial charge on any atom is 0.286 e. The molecule has 0 aliphatic heterocycles. The van der Waals surface area contributed by atoms with Crippen molar-refractivity contribution in [3.05, 3.63) is 59.3 Å². The quantitative estimate of drug-likeness (QED) is 0.470. The molecule has 0 unspecified atom stereocenters. The van der Waals surface area contributed by atoms with E-state index in [1.165, 1.54) is 46.5 Å². The molecule has 158 valence electrons. The van der Waals surface area contributed by atoms with Crippen LogP contribution in [0.5, 0.6) is 17.2 Å². The second-order valence-corrected chi connectivity index (χ2v) is 5.97. The van der Waals surface area contributed by atoms with Crippen molar-refractivity contribution >= 4 is 23.8 Å². The van der Waals surface area contributed by atoms with Crippen LogP contribution < -0.4 is 30.4 Å². The molecule has 0 aliphatic rings. The van der Waals surface area contributed by atoms with Gasteiger partial charge in [-0.05, 0) is 23.8 Å². The van der Waals surface area contributed by atoms with E-state index in [9.17, 15) is 14.4 Å². The molecule has 30 heavy (non-hydrogen) atoms. The first kappa shape index (κ1) is 22.3. The molecule has 0 heterocycles. The Morgan fingerprint density at radius 2 is 1.47 bits per heavy atom. The second kappa shape index (κ2) is 10.5. The van der Waals surface area contributed by atoms with Crippen molar-refractivity contribution in [2.45, 2.75) is 6.92 Å². The van der Waals surface area contributed by atoms with Crippen LogP contribution in [0, 0.1) is 0 Å². The van der Waals surface area contributed by atoms with Crippen molar-refractivity contribution in [3.8, 4) is 17.2 Å². The van der Waals surface area contributed by atoms with E-state index in [0.717, 1.165) is 0 Å². The lowest BCUT2D eigenvalue weighted by Gasteiger charge is -2.15. The Morgan fingerprint density at radius 1 is 0.867 bits per heavy atom.